The van der Waals surface area contributed by atoms with Crippen molar-refractivity contribution in [1.82, 2.24) is 30.0 Å². The van der Waals surface area contributed by atoms with Crippen molar-refractivity contribution >= 4 is 28.4 Å². The van der Waals surface area contributed by atoms with Gasteiger partial charge in [-0.2, -0.15) is 10.2 Å². The molecule has 0 bridgehead atoms. The number of imidazole rings is 1. The average Bonchev–Trinajstić information content (AvgIpc) is 3.58. The largest absolute Gasteiger partial charge is 0.438 e. The average molecular weight is 428 g/mol. The van der Waals surface area contributed by atoms with Crippen molar-refractivity contribution in [3.8, 4) is 0 Å². The van der Waals surface area contributed by atoms with E-state index in [4.69, 9.17) is 4.42 Å². The van der Waals surface area contributed by atoms with E-state index in [-0.39, 0.29) is 5.91 Å². The molecule has 0 unspecified atom stereocenters. The Bertz CT molecular complexity index is 1380. The second kappa shape index (κ2) is 7.26. The summed E-state index contributed by atoms with van der Waals surface area (Å²) in [4.78, 5) is 27.6. The van der Waals surface area contributed by atoms with Crippen molar-refractivity contribution in [2.75, 3.05) is 6.54 Å². The van der Waals surface area contributed by atoms with Crippen molar-refractivity contribution in [3.05, 3.63) is 65.3 Å². The molecule has 1 atom stereocenters. The maximum Gasteiger partial charge on any atom is 0.271 e. The zero-order chi connectivity index (χ0) is 21.7. The van der Waals surface area contributed by atoms with Gasteiger partial charge in [0.05, 0.1) is 23.4 Å². The number of hydrogen-bond donors (Lipinski definition) is 2. The van der Waals surface area contributed by atoms with Crippen molar-refractivity contribution in [2.45, 2.75) is 32.2 Å². The van der Waals surface area contributed by atoms with Crippen LogP contribution in [-0.4, -0.2) is 53.9 Å². The van der Waals surface area contributed by atoms with Crippen LogP contribution in [0.3, 0.4) is 0 Å². The van der Waals surface area contributed by atoms with Gasteiger partial charge in [-0.1, -0.05) is 6.07 Å². The fourth-order valence-corrected chi connectivity index (χ4v) is 4.29. The van der Waals surface area contributed by atoms with Crippen LogP contribution in [0.15, 0.2) is 51.4 Å². The van der Waals surface area contributed by atoms with Crippen LogP contribution in [0.4, 0.5) is 0 Å². The maximum absolute atomic E-state index is 13.5. The lowest BCUT2D eigenvalue weighted by Crippen LogP contribution is -2.44. The third-order valence-corrected chi connectivity index (χ3v) is 5.93. The van der Waals surface area contributed by atoms with Gasteiger partial charge in [-0.25, -0.2) is 9.97 Å². The first-order valence-electron chi connectivity index (χ1n) is 10.5. The number of hydrogen-bond acceptors (Lipinski definition) is 7. The minimum Gasteiger partial charge on any atom is -0.438 e. The van der Waals surface area contributed by atoms with Gasteiger partial charge in [0, 0.05) is 31.3 Å². The van der Waals surface area contributed by atoms with Crippen LogP contribution in [0, 0.1) is 6.92 Å². The highest BCUT2D eigenvalue weighted by Gasteiger charge is 2.39. The summed E-state index contributed by atoms with van der Waals surface area (Å²) in [6, 6.07) is 7.18. The van der Waals surface area contributed by atoms with Crippen LogP contribution in [-0.2, 0) is 11.2 Å². The molecule has 0 radical (unpaired) electrons. The van der Waals surface area contributed by atoms with Gasteiger partial charge in [0.2, 0.25) is 5.89 Å². The molecule has 0 saturated heterocycles. The summed E-state index contributed by atoms with van der Waals surface area (Å²) in [6.07, 6.45) is 5.11. The summed E-state index contributed by atoms with van der Waals surface area (Å²) < 4.78 is 6.11. The van der Waals surface area contributed by atoms with E-state index in [0.717, 1.165) is 33.9 Å². The monoisotopic (exact) mass is 428 g/mol. The van der Waals surface area contributed by atoms with Crippen LogP contribution in [0.2, 0.25) is 0 Å². The third kappa shape index (κ3) is 3.03. The number of H-pyrrole nitrogens is 2. The summed E-state index contributed by atoms with van der Waals surface area (Å²) in [5, 5.41) is 15.4. The first-order valence-corrected chi connectivity index (χ1v) is 10.5. The molecule has 4 aromatic rings. The third-order valence-electron chi connectivity index (χ3n) is 5.93. The molecule has 0 fully saturated rings. The Hall–Kier alpha value is -4.08. The molecule has 2 aliphatic heterocycles. The highest BCUT2D eigenvalue weighted by Crippen LogP contribution is 2.35. The Morgan fingerprint density at radius 1 is 1.19 bits per heavy atom. The van der Waals surface area contributed by atoms with E-state index < -0.39 is 6.04 Å². The number of nitrogens with one attached hydrogen (secondary N) is 2. The first-order chi connectivity index (χ1) is 15.7. The van der Waals surface area contributed by atoms with Gasteiger partial charge in [0.1, 0.15) is 11.2 Å². The minimum absolute atomic E-state index is 0.172. The second-order valence-corrected chi connectivity index (χ2v) is 8.00. The van der Waals surface area contributed by atoms with E-state index >= 15 is 0 Å². The number of nitrogens with zero attached hydrogens (tertiary/aromatic N) is 6. The summed E-state index contributed by atoms with van der Waals surface area (Å²) in [5.41, 5.74) is 6.30. The smallest absolute Gasteiger partial charge is 0.271 e. The zero-order valence-corrected chi connectivity index (χ0v) is 17.4. The molecule has 1 amide bonds. The molecule has 32 heavy (non-hydrogen) atoms. The van der Waals surface area contributed by atoms with Crippen LogP contribution >= 0.6 is 0 Å². The minimum atomic E-state index is -0.522. The Kier molecular flexibility index (Phi) is 4.23. The van der Waals surface area contributed by atoms with Crippen LogP contribution < -0.4 is 0 Å². The van der Waals surface area contributed by atoms with E-state index in [1.54, 1.807) is 17.4 Å². The molecule has 160 valence electrons. The van der Waals surface area contributed by atoms with Crippen LogP contribution in [0.25, 0.3) is 11.1 Å². The van der Waals surface area contributed by atoms with Gasteiger partial charge < -0.3 is 14.3 Å². The van der Waals surface area contributed by atoms with Crippen LogP contribution in [0.5, 0.6) is 0 Å². The molecule has 2 aliphatic rings. The molecule has 0 spiro atoms. The fourth-order valence-electron chi connectivity index (χ4n) is 4.29. The van der Waals surface area contributed by atoms with E-state index in [9.17, 15) is 4.79 Å². The number of aryl methyl sites for hydroxylation is 1. The molecular weight excluding hydrogens is 408 g/mol. The van der Waals surface area contributed by atoms with Gasteiger partial charge in [0.25, 0.3) is 5.91 Å². The van der Waals surface area contributed by atoms with Gasteiger partial charge in [-0.3, -0.25) is 9.89 Å². The molecular formula is C22H20N8O2. The lowest BCUT2D eigenvalue weighted by Gasteiger charge is -2.33. The first kappa shape index (κ1) is 18.7. The van der Waals surface area contributed by atoms with E-state index in [1.807, 2.05) is 31.2 Å². The molecule has 0 aliphatic carbocycles. The summed E-state index contributed by atoms with van der Waals surface area (Å²) in [6.45, 7) is 2.51. The fraction of sp³-hybridized carbons (Fsp3) is 0.273. The lowest BCUT2D eigenvalue weighted by molar-refractivity contribution is -0.126. The molecule has 1 aromatic carbocycles. The van der Waals surface area contributed by atoms with Gasteiger partial charge in [-0.15, -0.1) is 5.10 Å². The number of fused-ring (bicyclic) bond motifs is 2. The number of aromatic amines is 2. The van der Waals surface area contributed by atoms with E-state index in [2.05, 4.69) is 35.4 Å². The van der Waals surface area contributed by atoms with Crippen molar-refractivity contribution in [2.24, 2.45) is 10.2 Å². The number of rotatable bonds is 3. The molecule has 3 aromatic heterocycles. The standard InChI is InChI=1S/C22H20N8O2/c1-12-2-3-15-18(10-12)32-21(26-15)20-19-16(23-11-24-19)7-9-30(20)22(31)17-5-4-13(28-29-17)14-6-8-25-27-14/h2-3,6,8,10-11,20H,4-5,7,9H2,1H3,(H,23,24)(H,25,27)/t20-/m0/s1. The van der Waals surface area contributed by atoms with E-state index in [0.29, 0.717) is 43.0 Å². The highest BCUT2D eigenvalue weighted by atomic mass is 16.4. The number of carbonyl (C=O) groups is 1. The molecule has 0 saturated carbocycles. The van der Waals surface area contributed by atoms with Crippen molar-refractivity contribution in [3.63, 3.8) is 0 Å². The predicted molar refractivity (Wildman–Crippen MR) is 116 cm³/mol. The summed E-state index contributed by atoms with van der Waals surface area (Å²) in [7, 11) is 0. The van der Waals surface area contributed by atoms with Gasteiger partial charge in [-0.05, 0) is 37.1 Å². The molecule has 10 nitrogen and oxygen atoms in total. The Morgan fingerprint density at radius 2 is 2.12 bits per heavy atom. The van der Waals surface area contributed by atoms with Gasteiger partial charge >= 0.3 is 0 Å². The molecule has 2 N–H and O–H groups in total. The van der Waals surface area contributed by atoms with E-state index in [1.165, 1.54) is 0 Å². The van der Waals surface area contributed by atoms with Gasteiger partial charge in [0.15, 0.2) is 11.6 Å². The van der Waals surface area contributed by atoms with Crippen LogP contribution in [0.1, 0.15) is 47.4 Å². The summed E-state index contributed by atoms with van der Waals surface area (Å²) in [5.74, 6) is 0.277. The molecule has 6 rings (SSSR count). The number of carbonyl (C=O) groups excluding carboxylic acids is 1. The molecule has 10 heteroatoms. The quantitative estimate of drug-likeness (QED) is 0.518. The molecule has 5 heterocycles. The number of amides is 1. The summed E-state index contributed by atoms with van der Waals surface area (Å²) >= 11 is 0. The maximum atomic E-state index is 13.5. The zero-order valence-electron chi connectivity index (χ0n) is 17.4. The lowest BCUT2D eigenvalue weighted by atomic mass is 10.00. The topological polar surface area (TPSA) is 128 Å². The van der Waals surface area contributed by atoms with Crippen molar-refractivity contribution in [1.29, 1.82) is 0 Å². The highest BCUT2D eigenvalue weighted by molar-refractivity contribution is 6.39. The number of aromatic nitrogens is 5. The SMILES string of the molecule is Cc1ccc2nc([C@@H]3c4nc[nH]c4CCN3C(=O)C3=NN=C(c4ccn[nH]4)CC3)oc2c1. The van der Waals surface area contributed by atoms with Crippen molar-refractivity contribution < 1.29 is 9.21 Å². The number of benzene rings is 1. The number of oxazole rings is 1. The second-order valence-electron chi connectivity index (χ2n) is 8.00. The Balaban J connectivity index is 1.37. The normalized spacial score (nSPS) is 18.4. The predicted octanol–water partition coefficient (Wildman–Crippen LogP) is 2.70. The Labute approximate surface area is 182 Å². The Morgan fingerprint density at radius 3 is 2.94 bits per heavy atom.